The van der Waals surface area contributed by atoms with E-state index in [0.29, 0.717) is 50.5 Å². The second kappa shape index (κ2) is 9.54. The van der Waals surface area contributed by atoms with Crippen LogP contribution in [0.4, 0.5) is 15.0 Å². The number of carbonyl (C=O) groups excluding carboxylic acids is 1. The summed E-state index contributed by atoms with van der Waals surface area (Å²) in [7, 11) is 0. The maximum atomic E-state index is 14.0. The van der Waals surface area contributed by atoms with Crippen molar-refractivity contribution in [3.05, 3.63) is 64.5 Å². The molecule has 5 rings (SSSR count). The molecule has 10 nitrogen and oxygen atoms in total. The Hall–Kier alpha value is -4.04. The summed E-state index contributed by atoms with van der Waals surface area (Å²) in [5.41, 5.74) is 7.15. The van der Waals surface area contributed by atoms with E-state index in [-0.39, 0.29) is 17.6 Å². The molecule has 0 bridgehead atoms. The number of carbonyl (C=O) groups is 1. The number of hydrazine groups is 1. The number of amides is 2. The van der Waals surface area contributed by atoms with Gasteiger partial charge in [0.2, 0.25) is 0 Å². The summed E-state index contributed by atoms with van der Waals surface area (Å²) in [5.74, 6) is 1.03. The molecule has 2 aliphatic heterocycles. The molecule has 11 heteroatoms. The van der Waals surface area contributed by atoms with Crippen LogP contribution in [0, 0.1) is 37.9 Å². The lowest BCUT2D eigenvalue weighted by Gasteiger charge is -2.38. The van der Waals surface area contributed by atoms with Gasteiger partial charge in [0.1, 0.15) is 18.0 Å². The third-order valence-electron chi connectivity index (χ3n) is 7.03. The predicted octanol–water partition coefficient (Wildman–Crippen LogP) is 2.79. The molecular formula is C25H28FN9O. The number of benzene rings is 1. The van der Waals surface area contributed by atoms with E-state index >= 15 is 0 Å². The summed E-state index contributed by atoms with van der Waals surface area (Å²) in [6, 6.07) is 7.67. The molecule has 4 heterocycles. The van der Waals surface area contributed by atoms with Crippen molar-refractivity contribution in [1.82, 2.24) is 35.1 Å². The smallest absolute Gasteiger partial charge is 0.335 e. The highest BCUT2D eigenvalue weighted by molar-refractivity contribution is 5.75. The molecule has 1 aromatic carbocycles. The molecular weight excluding hydrogens is 461 g/mol. The molecule has 1 unspecified atom stereocenters. The molecule has 0 aliphatic carbocycles. The molecule has 186 valence electrons. The van der Waals surface area contributed by atoms with E-state index in [1.165, 1.54) is 12.1 Å². The Kier molecular flexibility index (Phi) is 6.28. The highest BCUT2D eigenvalue weighted by Crippen LogP contribution is 2.29. The van der Waals surface area contributed by atoms with E-state index in [4.69, 9.17) is 0 Å². The van der Waals surface area contributed by atoms with Gasteiger partial charge in [-0.05, 0) is 56.5 Å². The van der Waals surface area contributed by atoms with Crippen molar-refractivity contribution in [3.63, 3.8) is 0 Å². The van der Waals surface area contributed by atoms with Crippen LogP contribution in [0.5, 0.6) is 0 Å². The van der Waals surface area contributed by atoms with Gasteiger partial charge < -0.3 is 9.80 Å². The van der Waals surface area contributed by atoms with Crippen LogP contribution in [0.1, 0.15) is 40.5 Å². The fourth-order valence-corrected chi connectivity index (χ4v) is 4.80. The van der Waals surface area contributed by atoms with Crippen molar-refractivity contribution in [2.75, 3.05) is 37.6 Å². The largest absolute Gasteiger partial charge is 0.353 e. The van der Waals surface area contributed by atoms with E-state index < -0.39 is 5.82 Å². The maximum absolute atomic E-state index is 14.0. The highest BCUT2D eigenvalue weighted by Gasteiger charge is 2.34. The number of nitrogens with one attached hydrogen (secondary N) is 1. The maximum Gasteiger partial charge on any atom is 0.335 e. The van der Waals surface area contributed by atoms with Gasteiger partial charge >= 0.3 is 6.03 Å². The minimum absolute atomic E-state index is 0.151. The molecule has 2 aromatic heterocycles. The first kappa shape index (κ1) is 23.7. The van der Waals surface area contributed by atoms with Crippen LogP contribution in [0.25, 0.3) is 5.82 Å². The minimum atomic E-state index is -0.475. The van der Waals surface area contributed by atoms with Gasteiger partial charge in [-0.25, -0.2) is 29.3 Å². The number of aromatic nitrogens is 4. The lowest BCUT2D eigenvalue weighted by molar-refractivity contribution is 0.125. The number of nitrogens with zero attached hydrogens (tertiary/aromatic N) is 8. The van der Waals surface area contributed by atoms with E-state index in [9.17, 15) is 14.4 Å². The summed E-state index contributed by atoms with van der Waals surface area (Å²) in [6.45, 7) is 8.93. The average Bonchev–Trinajstić information content (AvgIpc) is 3.49. The Labute approximate surface area is 208 Å². The molecule has 0 radical (unpaired) electrons. The van der Waals surface area contributed by atoms with Crippen LogP contribution in [-0.2, 0) is 0 Å². The Morgan fingerprint density at radius 1 is 1.08 bits per heavy atom. The van der Waals surface area contributed by atoms with Crippen LogP contribution in [0.3, 0.4) is 0 Å². The number of urea groups is 1. The molecule has 36 heavy (non-hydrogen) atoms. The first-order chi connectivity index (χ1) is 17.4. The summed E-state index contributed by atoms with van der Waals surface area (Å²) in [5, 5.41) is 15.4. The van der Waals surface area contributed by atoms with Gasteiger partial charge in [0.25, 0.3) is 0 Å². The number of hydrogen-bond donors (Lipinski definition) is 1. The predicted molar refractivity (Wildman–Crippen MR) is 131 cm³/mol. The lowest BCUT2D eigenvalue weighted by Crippen LogP contribution is -2.54. The number of piperazine rings is 1. The SMILES string of the molecule is Cc1nn(-c2cc(N3CCN(C(=O)N4NCCC4c4cc(F)cc(C#N)c4)CC3)ncn2)c(C)c1C. The summed E-state index contributed by atoms with van der Waals surface area (Å²) in [4.78, 5) is 26.1. The molecule has 2 aliphatic rings. The standard InChI is InChI=1S/C25H28FN9O/c1-16-17(2)31-34(18(16)3)24-13-23(28-15-29-24)32-6-8-33(9-7-32)25(36)35-22(4-5-30-35)20-10-19(14-27)11-21(26)12-20/h10-13,15,22,30H,4-9H2,1-3H3. The first-order valence-electron chi connectivity index (χ1n) is 12.0. The number of rotatable bonds is 3. The Morgan fingerprint density at radius 3 is 2.53 bits per heavy atom. The van der Waals surface area contributed by atoms with Crippen LogP contribution >= 0.6 is 0 Å². The summed E-state index contributed by atoms with van der Waals surface area (Å²) < 4.78 is 15.9. The van der Waals surface area contributed by atoms with Gasteiger partial charge in [0.15, 0.2) is 5.82 Å². The third kappa shape index (κ3) is 4.35. The first-order valence-corrected chi connectivity index (χ1v) is 12.0. The van der Waals surface area contributed by atoms with Gasteiger partial charge in [-0.15, -0.1) is 0 Å². The number of hydrogen-bond acceptors (Lipinski definition) is 7. The molecule has 1 atom stereocenters. The van der Waals surface area contributed by atoms with Crippen molar-refractivity contribution in [3.8, 4) is 11.9 Å². The fourth-order valence-electron chi connectivity index (χ4n) is 4.80. The Balaban J connectivity index is 1.27. The average molecular weight is 490 g/mol. The molecule has 2 amide bonds. The third-order valence-corrected chi connectivity index (χ3v) is 7.03. The normalized spacial score (nSPS) is 18.0. The summed E-state index contributed by atoms with van der Waals surface area (Å²) >= 11 is 0. The quantitative estimate of drug-likeness (QED) is 0.603. The van der Waals surface area contributed by atoms with E-state index in [2.05, 4.69) is 25.4 Å². The second-order valence-electron chi connectivity index (χ2n) is 9.17. The zero-order valence-electron chi connectivity index (χ0n) is 20.6. The van der Waals surface area contributed by atoms with Crippen molar-refractivity contribution < 1.29 is 9.18 Å². The summed E-state index contributed by atoms with van der Waals surface area (Å²) in [6.07, 6.45) is 2.19. The van der Waals surface area contributed by atoms with Crippen LogP contribution in [-0.4, -0.2) is 68.4 Å². The van der Waals surface area contributed by atoms with Crippen LogP contribution in [0.15, 0.2) is 30.6 Å². The molecule has 0 spiro atoms. The molecule has 0 saturated carbocycles. The zero-order chi connectivity index (χ0) is 25.4. The molecule has 1 N–H and O–H groups in total. The molecule has 2 fully saturated rings. The number of nitriles is 1. The van der Waals surface area contributed by atoms with E-state index in [1.807, 2.05) is 37.6 Å². The van der Waals surface area contributed by atoms with Gasteiger partial charge in [-0.2, -0.15) is 10.4 Å². The minimum Gasteiger partial charge on any atom is -0.353 e. The van der Waals surface area contributed by atoms with Crippen molar-refractivity contribution in [2.45, 2.75) is 33.2 Å². The van der Waals surface area contributed by atoms with Crippen molar-refractivity contribution in [2.24, 2.45) is 0 Å². The highest BCUT2D eigenvalue weighted by atomic mass is 19.1. The van der Waals surface area contributed by atoms with Crippen molar-refractivity contribution in [1.29, 1.82) is 5.26 Å². The number of halogens is 1. The van der Waals surface area contributed by atoms with Crippen LogP contribution in [0.2, 0.25) is 0 Å². The fraction of sp³-hybridized carbons (Fsp3) is 0.400. The van der Waals surface area contributed by atoms with Gasteiger partial charge in [-0.1, -0.05) is 0 Å². The van der Waals surface area contributed by atoms with Gasteiger partial charge in [0.05, 0.1) is 23.4 Å². The molecule has 3 aromatic rings. The van der Waals surface area contributed by atoms with Gasteiger partial charge in [0, 0.05) is 44.5 Å². The van der Waals surface area contributed by atoms with Gasteiger partial charge in [-0.3, -0.25) is 5.01 Å². The number of anilines is 1. The number of aryl methyl sites for hydroxylation is 1. The van der Waals surface area contributed by atoms with Crippen LogP contribution < -0.4 is 10.3 Å². The topological polar surface area (TPSA) is 106 Å². The Bertz CT molecular complexity index is 1340. The monoisotopic (exact) mass is 489 g/mol. The lowest BCUT2D eigenvalue weighted by atomic mass is 10.0. The van der Waals surface area contributed by atoms with E-state index in [0.717, 1.165) is 22.8 Å². The van der Waals surface area contributed by atoms with Crippen molar-refractivity contribution >= 4 is 11.8 Å². The zero-order valence-corrected chi connectivity index (χ0v) is 20.6. The van der Waals surface area contributed by atoms with E-state index in [1.54, 1.807) is 22.3 Å². The Morgan fingerprint density at radius 2 is 1.83 bits per heavy atom. The molecule has 2 saturated heterocycles. The second-order valence-corrected chi connectivity index (χ2v) is 9.17.